The third kappa shape index (κ3) is 3.55. The molecule has 0 amide bonds. The highest BCUT2D eigenvalue weighted by molar-refractivity contribution is 7.87. The lowest BCUT2D eigenvalue weighted by molar-refractivity contribution is 0.297. The monoisotopic (exact) mass is 335 g/mol. The van der Waals surface area contributed by atoms with Gasteiger partial charge in [-0.1, -0.05) is 12.1 Å². The molecular formula is C13H13N5O4S. The normalized spacial score (nSPS) is 11.6. The van der Waals surface area contributed by atoms with Crippen molar-refractivity contribution in [2.24, 2.45) is 7.05 Å². The van der Waals surface area contributed by atoms with Gasteiger partial charge in [0, 0.05) is 7.05 Å². The minimum absolute atomic E-state index is 0.243. The van der Waals surface area contributed by atoms with Gasteiger partial charge in [0.25, 0.3) is 0 Å². The number of benzene rings is 1. The summed E-state index contributed by atoms with van der Waals surface area (Å²) in [6, 6.07) is 6.39. The van der Waals surface area contributed by atoms with Gasteiger partial charge in [-0.2, -0.15) is 13.5 Å². The Kier molecular flexibility index (Phi) is 3.84. The zero-order valence-corrected chi connectivity index (χ0v) is 12.9. The molecule has 0 radical (unpaired) electrons. The molecule has 23 heavy (non-hydrogen) atoms. The first-order valence-electron chi connectivity index (χ1n) is 6.52. The summed E-state index contributed by atoms with van der Waals surface area (Å²) in [5.74, 6) is 0.420. The third-order valence-electron chi connectivity index (χ3n) is 3.07. The topological polar surface area (TPSA) is 119 Å². The first-order chi connectivity index (χ1) is 10.9. The Morgan fingerprint density at radius 3 is 2.70 bits per heavy atom. The second-order valence-electron chi connectivity index (χ2n) is 4.75. The fraction of sp³-hybridized carbons (Fsp3) is 0.154. The van der Waals surface area contributed by atoms with Crippen molar-refractivity contribution in [3.8, 4) is 5.88 Å². The number of hydrogen-bond donors (Lipinski definition) is 2. The van der Waals surface area contributed by atoms with Crippen LogP contribution in [0.1, 0.15) is 5.56 Å². The van der Waals surface area contributed by atoms with Gasteiger partial charge < -0.3 is 4.74 Å². The largest absolute Gasteiger partial charge is 0.472 e. The van der Waals surface area contributed by atoms with Crippen molar-refractivity contribution >= 4 is 27.0 Å². The average Bonchev–Trinajstić information content (AvgIpc) is 2.87. The minimum Gasteiger partial charge on any atom is -0.472 e. The van der Waals surface area contributed by atoms with Gasteiger partial charge in [-0.15, -0.1) is 0 Å². The van der Waals surface area contributed by atoms with Crippen molar-refractivity contribution in [2.75, 3.05) is 4.72 Å². The number of fused-ring (bicyclic) bond motifs is 1. The molecule has 9 nitrogen and oxygen atoms in total. The molecule has 2 aromatic heterocycles. The summed E-state index contributed by atoms with van der Waals surface area (Å²) in [4.78, 5) is 8.21. The number of nitrogens with zero attached hydrogens (tertiary/aromatic N) is 4. The summed E-state index contributed by atoms with van der Waals surface area (Å²) < 4.78 is 39.4. The molecule has 2 N–H and O–H groups in total. The van der Waals surface area contributed by atoms with E-state index in [9.17, 15) is 8.42 Å². The molecule has 0 spiro atoms. The first kappa shape index (κ1) is 15.2. The predicted molar refractivity (Wildman–Crippen MR) is 82.2 cm³/mol. The molecule has 10 heteroatoms. The molecule has 3 rings (SSSR count). The van der Waals surface area contributed by atoms with E-state index in [1.165, 1.54) is 18.5 Å². The lowest BCUT2D eigenvalue weighted by atomic mass is 10.2. The van der Waals surface area contributed by atoms with Crippen LogP contribution in [-0.4, -0.2) is 32.7 Å². The number of nitrogens with one attached hydrogen (secondary N) is 1. The summed E-state index contributed by atoms with van der Waals surface area (Å²) in [6.07, 6.45) is 3.03. The van der Waals surface area contributed by atoms with E-state index < -0.39 is 10.3 Å². The lowest BCUT2D eigenvalue weighted by Crippen LogP contribution is -2.10. The second-order valence-corrected chi connectivity index (χ2v) is 5.90. The third-order valence-corrected chi connectivity index (χ3v) is 3.56. The van der Waals surface area contributed by atoms with Crippen LogP contribution >= 0.6 is 0 Å². The zero-order valence-electron chi connectivity index (χ0n) is 12.0. The van der Waals surface area contributed by atoms with Crippen LogP contribution in [0.3, 0.4) is 0 Å². The van der Waals surface area contributed by atoms with E-state index in [1.807, 2.05) is 4.72 Å². The van der Waals surface area contributed by atoms with E-state index >= 15 is 0 Å². The number of aryl methyl sites for hydroxylation is 1. The lowest BCUT2D eigenvalue weighted by Gasteiger charge is -2.07. The highest BCUT2D eigenvalue weighted by atomic mass is 32.2. The standard InChI is InChI=1S/C13H13N5O4S/c1-18-12-11(6-16-18)13(15-8-14-12)22-7-9-2-4-10(5-3-9)17-23(19,20)21/h2-6,8,17H,7H2,1H3,(H,19,20,21). The molecule has 0 atom stereocenters. The Morgan fingerprint density at radius 2 is 2.00 bits per heavy atom. The predicted octanol–water partition coefficient (Wildman–Crippen LogP) is 1.16. The van der Waals surface area contributed by atoms with Gasteiger partial charge in [0.1, 0.15) is 18.3 Å². The van der Waals surface area contributed by atoms with Crippen LogP contribution in [-0.2, 0) is 24.0 Å². The molecule has 120 valence electrons. The quantitative estimate of drug-likeness (QED) is 0.671. The maximum Gasteiger partial charge on any atom is 0.357 e. The Labute approximate surface area is 131 Å². The summed E-state index contributed by atoms with van der Waals surface area (Å²) >= 11 is 0. The average molecular weight is 335 g/mol. The van der Waals surface area contributed by atoms with E-state index in [2.05, 4.69) is 15.1 Å². The van der Waals surface area contributed by atoms with Crippen LogP contribution in [0.4, 0.5) is 5.69 Å². The van der Waals surface area contributed by atoms with Crippen molar-refractivity contribution < 1.29 is 17.7 Å². The van der Waals surface area contributed by atoms with Crippen molar-refractivity contribution in [3.63, 3.8) is 0 Å². The van der Waals surface area contributed by atoms with E-state index in [-0.39, 0.29) is 12.3 Å². The number of ether oxygens (including phenoxy) is 1. The van der Waals surface area contributed by atoms with Crippen LogP contribution < -0.4 is 9.46 Å². The molecular weight excluding hydrogens is 322 g/mol. The summed E-state index contributed by atoms with van der Waals surface area (Å²) in [5, 5.41) is 4.81. The van der Waals surface area contributed by atoms with Gasteiger partial charge >= 0.3 is 10.3 Å². The van der Waals surface area contributed by atoms with Crippen molar-refractivity contribution in [2.45, 2.75) is 6.61 Å². The molecule has 0 fully saturated rings. The smallest absolute Gasteiger partial charge is 0.357 e. The number of aromatic nitrogens is 4. The molecule has 0 bridgehead atoms. The van der Waals surface area contributed by atoms with E-state index in [4.69, 9.17) is 9.29 Å². The summed E-state index contributed by atoms with van der Waals surface area (Å²) in [7, 11) is -2.50. The van der Waals surface area contributed by atoms with Crippen molar-refractivity contribution in [1.29, 1.82) is 0 Å². The van der Waals surface area contributed by atoms with Crippen molar-refractivity contribution in [3.05, 3.63) is 42.4 Å². The molecule has 0 aliphatic carbocycles. The van der Waals surface area contributed by atoms with Gasteiger partial charge in [0.2, 0.25) is 5.88 Å². The van der Waals surface area contributed by atoms with Crippen molar-refractivity contribution in [1.82, 2.24) is 19.7 Å². The van der Waals surface area contributed by atoms with E-state index in [1.54, 1.807) is 30.1 Å². The summed E-state index contributed by atoms with van der Waals surface area (Å²) in [5.41, 5.74) is 1.73. The Hall–Kier alpha value is -2.72. The van der Waals surface area contributed by atoms with Gasteiger partial charge in [-0.25, -0.2) is 9.97 Å². The molecule has 1 aromatic carbocycles. The molecule has 2 heterocycles. The van der Waals surface area contributed by atoms with Crippen LogP contribution in [0.25, 0.3) is 11.0 Å². The summed E-state index contributed by atoms with van der Waals surface area (Å²) in [6.45, 7) is 0.243. The molecule has 0 saturated heterocycles. The Balaban J connectivity index is 1.72. The number of anilines is 1. The molecule has 0 saturated carbocycles. The minimum atomic E-state index is -4.27. The van der Waals surface area contributed by atoms with E-state index in [0.29, 0.717) is 16.9 Å². The molecule has 0 unspecified atom stereocenters. The van der Waals surface area contributed by atoms with Gasteiger partial charge in [-0.05, 0) is 17.7 Å². The fourth-order valence-corrected chi connectivity index (χ4v) is 2.46. The van der Waals surface area contributed by atoms with E-state index in [0.717, 1.165) is 5.56 Å². The van der Waals surface area contributed by atoms with Gasteiger partial charge in [-0.3, -0.25) is 14.0 Å². The fourth-order valence-electron chi connectivity index (χ4n) is 2.03. The highest BCUT2D eigenvalue weighted by Gasteiger charge is 2.09. The highest BCUT2D eigenvalue weighted by Crippen LogP contribution is 2.21. The zero-order chi connectivity index (χ0) is 16.4. The molecule has 3 aromatic rings. The SMILES string of the molecule is Cn1ncc2c(OCc3ccc(NS(=O)(=O)O)cc3)ncnc21. The Bertz CT molecular complexity index is 937. The molecule has 0 aliphatic rings. The molecule has 0 aliphatic heterocycles. The van der Waals surface area contributed by atoms with Crippen LogP contribution in [0, 0.1) is 0 Å². The maximum absolute atomic E-state index is 10.7. The number of hydrogen-bond acceptors (Lipinski definition) is 6. The van der Waals surface area contributed by atoms with Crippen LogP contribution in [0.15, 0.2) is 36.8 Å². The van der Waals surface area contributed by atoms with Crippen LogP contribution in [0.2, 0.25) is 0 Å². The van der Waals surface area contributed by atoms with Gasteiger partial charge in [0.05, 0.1) is 11.9 Å². The Morgan fingerprint density at radius 1 is 1.26 bits per heavy atom. The second kappa shape index (κ2) is 5.82. The van der Waals surface area contributed by atoms with Crippen LogP contribution in [0.5, 0.6) is 5.88 Å². The maximum atomic E-state index is 10.7. The first-order valence-corrected chi connectivity index (χ1v) is 7.96. The number of rotatable bonds is 5. The van der Waals surface area contributed by atoms with Gasteiger partial charge in [0.15, 0.2) is 5.65 Å².